The summed E-state index contributed by atoms with van der Waals surface area (Å²) in [5.41, 5.74) is 14.7. The summed E-state index contributed by atoms with van der Waals surface area (Å²) < 4.78 is 7.57. The van der Waals surface area contributed by atoms with Crippen LogP contribution < -0.4 is 9.42 Å². The van der Waals surface area contributed by atoms with Crippen molar-refractivity contribution in [2.75, 3.05) is 0 Å². The number of fused-ring (bicyclic) bond motifs is 3. The maximum absolute atomic E-state index is 11.6. The van der Waals surface area contributed by atoms with Crippen molar-refractivity contribution in [3.8, 4) is 22.6 Å². The van der Waals surface area contributed by atoms with Crippen molar-refractivity contribution in [2.24, 2.45) is 5.11 Å². The van der Waals surface area contributed by atoms with Gasteiger partial charge in [-0.25, -0.2) is 0 Å². The van der Waals surface area contributed by atoms with Crippen LogP contribution in [0.5, 0.6) is 5.75 Å². The molecule has 0 fully saturated rings. The van der Waals surface area contributed by atoms with E-state index in [9.17, 15) is 4.79 Å². The van der Waals surface area contributed by atoms with Crippen LogP contribution in [0.1, 0.15) is 27.3 Å². The minimum atomic E-state index is -0.637. The highest BCUT2D eigenvalue weighted by Crippen LogP contribution is 2.36. The molecule has 150 valence electrons. The minimum Gasteiger partial charge on any atom is -0.482 e. The first-order chi connectivity index (χ1) is 15.2. The Morgan fingerprint density at radius 2 is 1.90 bits per heavy atom. The van der Waals surface area contributed by atoms with Gasteiger partial charge in [0.25, 0.3) is 0 Å². The molecule has 1 N–H and O–H groups in total. The molecule has 9 nitrogen and oxygen atoms in total. The van der Waals surface area contributed by atoms with Gasteiger partial charge in [-0.1, -0.05) is 35.5 Å². The van der Waals surface area contributed by atoms with Crippen LogP contribution in [0.15, 0.2) is 71.8 Å². The van der Waals surface area contributed by atoms with Gasteiger partial charge in [-0.05, 0) is 75.7 Å². The number of benzene rings is 3. The number of carbonyl (C=O) groups excluding carboxylic acids is 1. The van der Waals surface area contributed by atoms with Crippen molar-refractivity contribution in [1.82, 2.24) is 15.5 Å². The summed E-state index contributed by atoms with van der Waals surface area (Å²) in [6.07, 6.45) is 0.897. The van der Waals surface area contributed by atoms with E-state index in [0.29, 0.717) is 17.1 Å². The summed E-state index contributed by atoms with van der Waals surface area (Å²) in [5.74, 6) is 0.517. The highest BCUT2D eigenvalue weighted by molar-refractivity contribution is 5.94. The van der Waals surface area contributed by atoms with Gasteiger partial charge in [0.15, 0.2) is 11.8 Å². The molecule has 1 amide bonds. The number of tetrazole rings is 1. The summed E-state index contributed by atoms with van der Waals surface area (Å²) in [4.78, 5) is 14.1. The van der Waals surface area contributed by atoms with Crippen molar-refractivity contribution in [1.29, 1.82) is 0 Å². The van der Waals surface area contributed by atoms with Crippen LogP contribution in [0.3, 0.4) is 0 Å². The molecule has 1 aromatic heterocycles. The van der Waals surface area contributed by atoms with Crippen molar-refractivity contribution >= 4 is 5.91 Å². The standard InChI is InChI=1S/C22H15N7O2/c23-26-25-22(30)14-5-8-18(9-6-14)31-13-21-24-27-28-29(21)17-7-10-20-16(12-17)11-15-3-1-2-4-19(15)20/h1-10,12H,11,13H2/p+1. The molecule has 0 saturated carbocycles. The number of nitrogens with one attached hydrogen (secondary N) is 1. The lowest BCUT2D eigenvalue weighted by atomic mass is 10.1. The zero-order valence-electron chi connectivity index (χ0n) is 16.3. The molecule has 3 aromatic carbocycles. The molecule has 1 heterocycles. The summed E-state index contributed by atoms with van der Waals surface area (Å²) in [7, 11) is 0. The van der Waals surface area contributed by atoms with Crippen molar-refractivity contribution in [3.05, 3.63) is 99.7 Å². The Morgan fingerprint density at radius 3 is 2.74 bits per heavy atom. The molecule has 0 radical (unpaired) electrons. The first-order valence-electron chi connectivity index (χ1n) is 9.59. The number of carbonyl (C=O) groups is 1. The number of amides is 1. The van der Waals surface area contributed by atoms with Crippen molar-refractivity contribution < 1.29 is 14.2 Å². The zero-order valence-corrected chi connectivity index (χ0v) is 16.3. The predicted molar refractivity (Wildman–Crippen MR) is 110 cm³/mol. The summed E-state index contributed by atoms with van der Waals surface area (Å²) in [5, 5.41) is 14.0. The monoisotopic (exact) mass is 410 g/mol. The van der Waals surface area contributed by atoms with Crippen LogP contribution in [0.2, 0.25) is 0 Å². The number of nitrogens with zero attached hydrogens (tertiary/aromatic N) is 6. The first kappa shape index (κ1) is 18.5. The number of aromatic nitrogens is 4. The van der Waals surface area contributed by atoms with Gasteiger partial charge in [-0.15, -0.1) is 4.68 Å². The fraction of sp³-hybridized carbons (Fsp3) is 0.0909. The SMILES string of the molecule is [N-]=[N+]=NC(=O)c1ccc(OCc2nn[nH][n+]2-c2ccc3c(c2)Cc2ccccc2-3)cc1. The van der Waals surface area contributed by atoms with E-state index in [4.69, 9.17) is 10.3 Å². The third-order valence-corrected chi connectivity index (χ3v) is 5.21. The Bertz CT molecular complexity index is 1340. The Hall–Kier alpha value is -4.49. The highest BCUT2D eigenvalue weighted by atomic mass is 16.5. The molecule has 1 aliphatic rings. The van der Waals surface area contributed by atoms with Gasteiger partial charge in [0, 0.05) is 10.5 Å². The molecule has 0 unspecified atom stereocenters. The van der Waals surface area contributed by atoms with E-state index in [1.165, 1.54) is 22.3 Å². The Balaban J connectivity index is 1.33. The van der Waals surface area contributed by atoms with Gasteiger partial charge in [0.2, 0.25) is 5.91 Å². The summed E-state index contributed by atoms with van der Waals surface area (Å²) in [6.45, 7) is 0.178. The maximum atomic E-state index is 11.6. The van der Waals surface area contributed by atoms with Crippen LogP contribution in [0, 0.1) is 0 Å². The van der Waals surface area contributed by atoms with Crippen molar-refractivity contribution in [3.63, 3.8) is 0 Å². The molecule has 0 atom stereocenters. The van der Waals surface area contributed by atoms with E-state index >= 15 is 0 Å². The van der Waals surface area contributed by atoms with Gasteiger partial charge in [-0.2, -0.15) is 0 Å². The molecule has 0 aliphatic heterocycles. The lowest BCUT2D eigenvalue weighted by molar-refractivity contribution is -0.669. The number of hydrogen-bond donors (Lipinski definition) is 1. The average molecular weight is 410 g/mol. The van der Waals surface area contributed by atoms with Crippen LogP contribution in [-0.4, -0.2) is 21.4 Å². The summed E-state index contributed by atoms with van der Waals surface area (Å²) >= 11 is 0. The largest absolute Gasteiger partial charge is 0.482 e. The second kappa shape index (κ2) is 7.74. The minimum absolute atomic E-state index is 0.178. The first-order valence-corrected chi connectivity index (χ1v) is 9.59. The fourth-order valence-electron chi connectivity index (χ4n) is 3.74. The van der Waals surface area contributed by atoms with Gasteiger partial charge >= 0.3 is 5.82 Å². The quantitative estimate of drug-likeness (QED) is 0.206. The molecular formula is C22H16N7O2+. The smallest absolute Gasteiger partial charge is 0.343 e. The maximum Gasteiger partial charge on any atom is 0.343 e. The normalized spacial score (nSPS) is 11.4. The molecule has 0 saturated heterocycles. The number of rotatable bonds is 5. The number of ether oxygens (including phenoxy) is 1. The second-order valence-electron chi connectivity index (χ2n) is 7.03. The molecule has 9 heteroatoms. The second-order valence-corrected chi connectivity index (χ2v) is 7.03. The van der Waals surface area contributed by atoms with Crippen LogP contribution >= 0.6 is 0 Å². The molecule has 5 rings (SSSR count). The molecule has 4 aromatic rings. The Kier molecular flexibility index (Phi) is 4.62. The van der Waals surface area contributed by atoms with E-state index in [-0.39, 0.29) is 6.61 Å². The van der Waals surface area contributed by atoms with Gasteiger partial charge < -0.3 is 4.74 Å². The summed E-state index contributed by atoms with van der Waals surface area (Å²) in [6, 6.07) is 21.1. The van der Waals surface area contributed by atoms with Crippen LogP contribution in [-0.2, 0) is 13.0 Å². The van der Waals surface area contributed by atoms with Crippen LogP contribution in [0.4, 0.5) is 0 Å². The Morgan fingerprint density at radius 1 is 1.10 bits per heavy atom. The van der Waals surface area contributed by atoms with E-state index in [1.807, 2.05) is 6.07 Å². The number of H-pyrrole nitrogens is 1. The molecule has 31 heavy (non-hydrogen) atoms. The highest BCUT2D eigenvalue weighted by Gasteiger charge is 2.22. The van der Waals surface area contributed by atoms with Gasteiger partial charge in [0.05, 0.1) is 0 Å². The molecule has 0 bridgehead atoms. The zero-order chi connectivity index (χ0) is 21.2. The number of hydrogen-bond acceptors (Lipinski definition) is 4. The molecule has 1 aliphatic carbocycles. The average Bonchev–Trinajstić information content (AvgIpc) is 3.42. The van der Waals surface area contributed by atoms with Gasteiger partial charge in [0.1, 0.15) is 16.5 Å². The third kappa shape index (κ3) is 3.50. The lowest BCUT2D eigenvalue weighted by Crippen LogP contribution is -2.38. The predicted octanol–water partition coefficient (Wildman–Crippen LogP) is 3.68. The molecular weight excluding hydrogens is 394 g/mol. The fourth-order valence-corrected chi connectivity index (χ4v) is 3.74. The van der Waals surface area contributed by atoms with Crippen LogP contribution in [0.25, 0.3) is 27.3 Å². The van der Waals surface area contributed by atoms with Gasteiger partial charge in [-0.3, -0.25) is 4.79 Å². The molecule has 0 spiro atoms. The Labute approximate surface area is 176 Å². The number of aromatic amines is 1. The van der Waals surface area contributed by atoms with E-state index in [2.05, 4.69) is 61.9 Å². The van der Waals surface area contributed by atoms with Crippen molar-refractivity contribution in [2.45, 2.75) is 13.0 Å². The van der Waals surface area contributed by atoms with E-state index in [0.717, 1.165) is 12.1 Å². The topological polar surface area (TPSA) is 121 Å². The number of azide groups is 1. The third-order valence-electron chi connectivity index (χ3n) is 5.21. The van der Waals surface area contributed by atoms with E-state index < -0.39 is 5.91 Å². The lowest BCUT2D eigenvalue weighted by Gasteiger charge is -2.06. The van der Waals surface area contributed by atoms with E-state index in [1.54, 1.807) is 28.9 Å².